The van der Waals surface area contributed by atoms with Gasteiger partial charge in [-0.2, -0.15) is 0 Å². The number of hydrogen-bond donors (Lipinski definition) is 1. The van der Waals surface area contributed by atoms with Crippen LogP contribution >= 0.6 is 0 Å². The maximum absolute atomic E-state index is 13.0. The lowest BCUT2D eigenvalue weighted by Crippen LogP contribution is -2.49. The van der Waals surface area contributed by atoms with Crippen molar-refractivity contribution < 1.29 is 23.5 Å². The van der Waals surface area contributed by atoms with Crippen LogP contribution in [0.2, 0.25) is 0 Å². The van der Waals surface area contributed by atoms with Gasteiger partial charge in [0.15, 0.2) is 11.5 Å². The number of anilines is 1. The van der Waals surface area contributed by atoms with Crippen molar-refractivity contribution in [2.24, 2.45) is 0 Å². The molecule has 0 radical (unpaired) electrons. The first kappa shape index (κ1) is 22.0. The SMILES string of the molecule is CN(CC(=O)Nc1ccc(F)cc1)C(=O)CN1CCN(Cc2ccc3c(c2)OCO3)CC1. The second-order valence-electron chi connectivity index (χ2n) is 8.04. The van der Waals surface area contributed by atoms with Crippen molar-refractivity contribution in [3.63, 3.8) is 0 Å². The Bertz CT molecular complexity index is 961. The number of halogens is 1. The highest BCUT2D eigenvalue weighted by molar-refractivity contribution is 5.94. The lowest BCUT2D eigenvalue weighted by Gasteiger charge is -2.35. The van der Waals surface area contributed by atoms with E-state index in [4.69, 9.17) is 9.47 Å². The molecule has 2 aliphatic rings. The van der Waals surface area contributed by atoms with E-state index >= 15 is 0 Å². The number of rotatable bonds is 7. The Hall–Kier alpha value is -3.17. The van der Waals surface area contributed by atoms with Crippen LogP contribution in [-0.4, -0.2) is 79.6 Å². The average Bonchev–Trinajstić information content (AvgIpc) is 3.24. The molecule has 0 spiro atoms. The van der Waals surface area contributed by atoms with Crippen molar-refractivity contribution >= 4 is 17.5 Å². The summed E-state index contributed by atoms with van der Waals surface area (Å²) < 4.78 is 23.8. The van der Waals surface area contributed by atoms with Gasteiger partial charge in [-0.15, -0.1) is 0 Å². The molecule has 32 heavy (non-hydrogen) atoms. The number of ether oxygens (including phenoxy) is 2. The number of carbonyl (C=O) groups is 2. The van der Waals surface area contributed by atoms with Gasteiger partial charge in [-0.05, 0) is 42.0 Å². The zero-order valence-corrected chi connectivity index (χ0v) is 18.1. The average molecular weight is 442 g/mol. The summed E-state index contributed by atoms with van der Waals surface area (Å²) in [6.45, 7) is 4.60. The Morgan fingerprint density at radius 3 is 2.44 bits per heavy atom. The van der Waals surface area contributed by atoms with Gasteiger partial charge in [0.2, 0.25) is 18.6 Å². The lowest BCUT2D eigenvalue weighted by molar-refractivity contribution is -0.134. The van der Waals surface area contributed by atoms with E-state index in [1.54, 1.807) is 7.05 Å². The summed E-state index contributed by atoms with van der Waals surface area (Å²) in [5.74, 6) is 0.779. The predicted octanol–water partition coefficient (Wildman–Crippen LogP) is 1.77. The van der Waals surface area contributed by atoms with Gasteiger partial charge < -0.3 is 19.7 Å². The summed E-state index contributed by atoms with van der Waals surface area (Å²) in [7, 11) is 1.61. The summed E-state index contributed by atoms with van der Waals surface area (Å²) in [6, 6.07) is 11.5. The van der Waals surface area contributed by atoms with E-state index in [0.717, 1.165) is 44.2 Å². The number of fused-ring (bicyclic) bond motifs is 1. The Labute approximate surface area is 186 Å². The first-order valence-corrected chi connectivity index (χ1v) is 10.6. The van der Waals surface area contributed by atoms with E-state index in [1.165, 1.54) is 34.7 Å². The minimum Gasteiger partial charge on any atom is -0.454 e. The van der Waals surface area contributed by atoms with E-state index in [9.17, 15) is 14.0 Å². The fourth-order valence-corrected chi connectivity index (χ4v) is 3.75. The van der Waals surface area contributed by atoms with Crippen LogP contribution < -0.4 is 14.8 Å². The van der Waals surface area contributed by atoms with Crippen molar-refractivity contribution in [1.29, 1.82) is 0 Å². The van der Waals surface area contributed by atoms with E-state index < -0.39 is 0 Å². The third kappa shape index (κ3) is 5.74. The normalized spacial score (nSPS) is 16.1. The van der Waals surface area contributed by atoms with Crippen molar-refractivity contribution in [1.82, 2.24) is 14.7 Å². The lowest BCUT2D eigenvalue weighted by atomic mass is 10.1. The molecule has 0 atom stereocenters. The monoisotopic (exact) mass is 442 g/mol. The Morgan fingerprint density at radius 2 is 1.69 bits per heavy atom. The van der Waals surface area contributed by atoms with Crippen molar-refractivity contribution in [3.8, 4) is 11.5 Å². The second-order valence-corrected chi connectivity index (χ2v) is 8.04. The topological polar surface area (TPSA) is 74.4 Å². The predicted molar refractivity (Wildman–Crippen MR) is 117 cm³/mol. The summed E-state index contributed by atoms with van der Waals surface area (Å²) in [5, 5.41) is 2.67. The molecule has 2 amide bonds. The van der Waals surface area contributed by atoms with Crippen LogP contribution in [0.3, 0.4) is 0 Å². The van der Waals surface area contributed by atoms with Gasteiger partial charge in [-0.3, -0.25) is 19.4 Å². The zero-order valence-electron chi connectivity index (χ0n) is 18.1. The molecule has 9 heteroatoms. The zero-order chi connectivity index (χ0) is 22.5. The third-order valence-electron chi connectivity index (χ3n) is 5.60. The largest absolute Gasteiger partial charge is 0.454 e. The Morgan fingerprint density at radius 1 is 1.00 bits per heavy atom. The molecule has 2 aromatic carbocycles. The molecule has 0 bridgehead atoms. The maximum atomic E-state index is 13.0. The molecule has 0 aromatic heterocycles. The smallest absolute Gasteiger partial charge is 0.243 e. The molecule has 170 valence electrons. The van der Waals surface area contributed by atoms with Gasteiger partial charge in [-0.25, -0.2) is 4.39 Å². The maximum Gasteiger partial charge on any atom is 0.243 e. The van der Waals surface area contributed by atoms with Crippen LogP contribution in [0.25, 0.3) is 0 Å². The molecule has 1 fully saturated rings. The Kier molecular flexibility index (Phi) is 6.87. The van der Waals surface area contributed by atoms with Gasteiger partial charge >= 0.3 is 0 Å². The van der Waals surface area contributed by atoms with Crippen molar-refractivity contribution in [3.05, 3.63) is 53.8 Å². The molecule has 2 aliphatic heterocycles. The molecule has 4 rings (SSSR count). The summed E-state index contributed by atoms with van der Waals surface area (Å²) in [4.78, 5) is 30.6. The first-order chi connectivity index (χ1) is 15.5. The van der Waals surface area contributed by atoms with Crippen LogP contribution in [0, 0.1) is 5.82 Å². The van der Waals surface area contributed by atoms with E-state index in [1.807, 2.05) is 12.1 Å². The second kappa shape index (κ2) is 9.97. The van der Waals surface area contributed by atoms with Crippen LogP contribution in [0.1, 0.15) is 5.56 Å². The fourth-order valence-electron chi connectivity index (χ4n) is 3.75. The highest BCUT2D eigenvalue weighted by Crippen LogP contribution is 2.32. The number of benzene rings is 2. The number of amides is 2. The number of nitrogens with one attached hydrogen (secondary N) is 1. The molecule has 1 N–H and O–H groups in total. The van der Waals surface area contributed by atoms with Gasteiger partial charge in [0.05, 0.1) is 13.1 Å². The van der Waals surface area contributed by atoms with Crippen LogP contribution in [0.15, 0.2) is 42.5 Å². The molecular weight excluding hydrogens is 415 g/mol. The molecule has 0 unspecified atom stereocenters. The molecule has 0 aliphatic carbocycles. The summed E-state index contributed by atoms with van der Waals surface area (Å²) in [5.41, 5.74) is 1.67. The standard InChI is InChI=1S/C23H27FN4O4/c1-26(14-22(29)25-19-5-3-18(24)4-6-19)23(30)15-28-10-8-27(9-11-28)13-17-2-7-20-21(12-17)32-16-31-20/h2-7,12H,8-11,13-16H2,1H3,(H,25,29). The van der Waals surface area contributed by atoms with Gasteiger partial charge in [0, 0.05) is 45.5 Å². The molecule has 2 heterocycles. The van der Waals surface area contributed by atoms with Crippen molar-refractivity contribution in [2.45, 2.75) is 6.54 Å². The Balaban J connectivity index is 1.18. The van der Waals surface area contributed by atoms with Gasteiger partial charge in [0.25, 0.3) is 0 Å². The van der Waals surface area contributed by atoms with Crippen molar-refractivity contribution in [2.75, 3.05) is 58.4 Å². The first-order valence-electron chi connectivity index (χ1n) is 10.6. The summed E-state index contributed by atoms with van der Waals surface area (Å²) >= 11 is 0. The number of carbonyl (C=O) groups excluding carboxylic acids is 2. The molecule has 1 saturated heterocycles. The highest BCUT2D eigenvalue weighted by Gasteiger charge is 2.22. The quantitative estimate of drug-likeness (QED) is 0.705. The molecule has 8 nitrogen and oxygen atoms in total. The number of nitrogens with zero attached hydrogens (tertiary/aromatic N) is 3. The number of likely N-dealkylation sites (N-methyl/N-ethyl adjacent to an activating group) is 1. The fraction of sp³-hybridized carbons (Fsp3) is 0.391. The van der Waals surface area contributed by atoms with Gasteiger partial charge in [-0.1, -0.05) is 6.07 Å². The number of piperazine rings is 1. The van der Waals surface area contributed by atoms with E-state index in [0.29, 0.717) is 5.69 Å². The minimum atomic E-state index is -0.369. The molecular formula is C23H27FN4O4. The van der Waals surface area contributed by atoms with E-state index in [-0.39, 0.29) is 37.5 Å². The van der Waals surface area contributed by atoms with E-state index in [2.05, 4.69) is 21.2 Å². The summed E-state index contributed by atoms with van der Waals surface area (Å²) in [6.07, 6.45) is 0. The number of hydrogen-bond acceptors (Lipinski definition) is 6. The van der Waals surface area contributed by atoms with Gasteiger partial charge in [0.1, 0.15) is 5.82 Å². The highest BCUT2D eigenvalue weighted by atomic mass is 19.1. The molecule has 0 saturated carbocycles. The van der Waals surface area contributed by atoms with Crippen LogP contribution in [-0.2, 0) is 16.1 Å². The van der Waals surface area contributed by atoms with Crippen LogP contribution in [0.4, 0.5) is 10.1 Å². The third-order valence-corrected chi connectivity index (χ3v) is 5.60. The minimum absolute atomic E-state index is 0.0553. The molecule has 2 aromatic rings. The van der Waals surface area contributed by atoms with Crippen LogP contribution in [0.5, 0.6) is 11.5 Å².